The predicted molar refractivity (Wildman–Crippen MR) is 87.1 cm³/mol. The molecule has 0 aliphatic carbocycles. The number of nitrogens with zero attached hydrogens (tertiary/aromatic N) is 1. The highest BCUT2D eigenvalue weighted by Crippen LogP contribution is 2.38. The van der Waals surface area contributed by atoms with Gasteiger partial charge in [-0.05, 0) is 30.5 Å². The molecule has 124 valence electrons. The van der Waals surface area contributed by atoms with Gasteiger partial charge in [-0.25, -0.2) is 8.42 Å². The molecule has 0 aromatic heterocycles. The molecule has 0 fully saturated rings. The van der Waals surface area contributed by atoms with Gasteiger partial charge in [0.1, 0.15) is 10.6 Å². The van der Waals surface area contributed by atoms with Crippen molar-refractivity contribution >= 4 is 20.8 Å². The van der Waals surface area contributed by atoms with E-state index < -0.39 is 20.8 Å². The van der Waals surface area contributed by atoms with Crippen LogP contribution < -0.4 is 4.74 Å². The van der Waals surface area contributed by atoms with Crippen LogP contribution in [0, 0.1) is 0 Å². The van der Waals surface area contributed by atoms with E-state index in [1.165, 1.54) is 11.4 Å². The molecule has 0 N–H and O–H groups in total. The summed E-state index contributed by atoms with van der Waals surface area (Å²) in [6.07, 6.45) is 2.48. The summed E-state index contributed by atoms with van der Waals surface area (Å²) in [4.78, 5) is 0.617. The third-order valence-corrected chi connectivity index (χ3v) is 7.39. The summed E-state index contributed by atoms with van der Waals surface area (Å²) in [7, 11) is -3.35. The van der Waals surface area contributed by atoms with Gasteiger partial charge in [0.15, 0.2) is 0 Å². The van der Waals surface area contributed by atoms with Gasteiger partial charge in [0, 0.05) is 18.8 Å². The fourth-order valence-corrected chi connectivity index (χ4v) is 6.04. The molecule has 1 aliphatic heterocycles. The van der Waals surface area contributed by atoms with Crippen LogP contribution in [0.3, 0.4) is 0 Å². The first-order valence-electron chi connectivity index (χ1n) is 7.55. The third-order valence-electron chi connectivity index (χ3n) is 3.68. The quantitative estimate of drug-likeness (QED) is 0.762. The van der Waals surface area contributed by atoms with Crippen molar-refractivity contribution < 1.29 is 17.4 Å². The second-order valence-electron chi connectivity index (χ2n) is 5.36. The van der Waals surface area contributed by atoms with Gasteiger partial charge in [-0.1, -0.05) is 20.3 Å². The molecule has 1 heterocycles. The average Bonchev–Trinajstić information content (AvgIpc) is 2.75. The first-order chi connectivity index (χ1) is 10.5. The SMILES string of the molecule is CCCCN1Cc2cc(OC)cc(S(=O)CCC)c2S1(=O)=O. The highest BCUT2D eigenvalue weighted by molar-refractivity contribution is 7.91. The number of methoxy groups -OCH3 is 1. The minimum atomic E-state index is -3.55. The lowest BCUT2D eigenvalue weighted by molar-refractivity contribution is 0.406. The van der Waals surface area contributed by atoms with Crippen molar-refractivity contribution in [1.29, 1.82) is 0 Å². The van der Waals surface area contributed by atoms with Crippen LogP contribution in [0.25, 0.3) is 0 Å². The molecule has 2 rings (SSSR count). The predicted octanol–water partition coefficient (Wildman–Crippen LogP) is 2.52. The number of hydrogen-bond acceptors (Lipinski definition) is 4. The van der Waals surface area contributed by atoms with E-state index in [4.69, 9.17) is 4.74 Å². The van der Waals surface area contributed by atoms with Crippen LogP contribution in [0.15, 0.2) is 21.9 Å². The van der Waals surface area contributed by atoms with Gasteiger partial charge in [0.05, 0.1) is 22.8 Å². The maximum absolute atomic E-state index is 12.8. The van der Waals surface area contributed by atoms with Crippen LogP contribution in [0.4, 0.5) is 0 Å². The Bertz CT molecular complexity index is 670. The minimum Gasteiger partial charge on any atom is -0.497 e. The van der Waals surface area contributed by atoms with Crippen LogP contribution in [0.1, 0.15) is 38.7 Å². The molecule has 1 atom stereocenters. The summed E-state index contributed by atoms with van der Waals surface area (Å²) in [5.41, 5.74) is 0.690. The number of unbranched alkanes of at least 4 members (excludes halogenated alkanes) is 1. The van der Waals surface area contributed by atoms with E-state index >= 15 is 0 Å². The molecular formula is C15H23NO4S2. The van der Waals surface area contributed by atoms with Crippen LogP contribution in [-0.2, 0) is 27.4 Å². The Labute approximate surface area is 135 Å². The van der Waals surface area contributed by atoms with Crippen LogP contribution >= 0.6 is 0 Å². The molecule has 1 unspecified atom stereocenters. The van der Waals surface area contributed by atoms with Gasteiger partial charge in [-0.3, -0.25) is 4.21 Å². The Hall–Kier alpha value is -0.920. The number of fused-ring (bicyclic) bond motifs is 1. The Morgan fingerprint density at radius 2 is 2.00 bits per heavy atom. The van der Waals surface area contributed by atoms with Gasteiger partial charge in [0.25, 0.3) is 0 Å². The minimum absolute atomic E-state index is 0.233. The molecule has 22 heavy (non-hydrogen) atoms. The molecule has 5 nitrogen and oxygen atoms in total. The average molecular weight is 345 g/mol. The van der Waals surface area contributed by atoms with Gasteiger partial charge >= 0.3 is 0 Å². The number of ether oxygens (including phenoxy) is 1. The molecule has 0 spiro atoms. The Kier molecular flexibility index (Phi) is 5.63. The molecule has 0 saturated carbocycles. The monoisotopic (exact) mass is 345 g/mol. The Morgan fingerprint density at radius 3 is 2.59 bits per heavy atom. The lowest BCUT2D eigenvalue weighted by Crippen LogP contribution is -2.25. The standard InChI is InChI=1S/C15H23NO4S2/c1-4-6-7-16-11-12-9-13(20-3)10-14(21(17)8-5-2)15(12)22(16,18)19/h9-10H,4-8,11H2,1-3H3. The van der Waals surface area contributed by atoms with Crippen LogP contribution in [0.5, 0.6) is 5.75 Å². The number of sulfonamides is 1. The van der Waals surface area contributed by atoms with Crippen molar-refractivity contribution in [3.63, 3.8) is 0 Å². The van der Waals surface area contributed by atoms with E-state index in [1.807, 2.05) is 13.8 Å². The van der Waals surface area contributed by atoms with Crippen molar-refractivity contribution in [3.8, 4) is 5.75 Å². The molecule has 1 aromatic carbocycles. The Balaban J connectivity index is 2.52. The molecule has 0 saturated heterocycles. The van der Waals surface area contributed by atoms with Crippen molar-refractivity contribution in [3.05, 3.63) is 17.7 Å². The third kappa shape index (κ3) is 3.21. The largest absolute Gasteiger partial charge is 0.497 e. The summed E-state index contributed by atoms with van der Waals surface area (Å²) < 4.78 is 44.7. The van der Waals surface area contributed by atoms with E-state index in [-0.39, 0.29) is 4.90 Å². The normalized spacial score (nSPS) is 18.1. The number of hydrogen-bond donors (Lipinski definition) is 0. The summed E-state index contributed by atoms with van der Waals surface area (Å²) in [5, 5.41) is 0. The zero-order valence-electron chi connectivity index (χ0n) is 13.3. The highest BCUT2D eigenvalue weighted by atomic mass is 32.2. The molecule has 1 aromatic rings. The maximum Gasteiger partial charge on any atom is 0.244 e. The van der Waals surface area contributed by atoms with E-state index in [2.05, 4.69) is 0 Å². The number of rotatable bonds is 7. The summed E-state index contributed by atoms with van der Waals surface area (Å²) >= 11 is 0. The molecule has 7 heteroatoms. The van der Waals surface area contributed by atoms with E-state index in [0.717, 1.165) is 19.3 Å². The topological polar surface area (TPSA) is 63.7 Å². The molecular weight excluding hydrogens is 322 g/mol. The molecule has 0 radical (unpaired) electrons. The van der Waals surface area contributed by atoms with Gasteiger partial charge < -0.3 is 4.74 Å². The lowest BCUT2D eigenvalue weighted by Gasteiger charge is -2.14. The van der Waals surface area contributed by atoms with Gasteiger partial charge in [0.2, 0.25) is 10.0 Å². The highest BCUT2D eigenvalue weighted by Gasteiger charge is 2.38. The first-order valence-corrected chi connectivity index (χ1v) is 10.3. The van der Waals surface area contributed by atoms with Crippen LogP contribution in [-0.4, -0.2) is 36.3 Å². The van der Waals surface area contributed by atoms with Crippen molar-refractivity contribution in [2.45, 2.75) is 49.4 Å². The summed E-state index contributed by atoms with van der Waals surface area (Å²) in [5.74, 6) is 1.01. The molecule has 0 bridgehead atoms. The van der Waals surface area contributed by atoms with Gasteiger partial charge in [-0.2, -0.15) is 4.31 Å². The summed E-state index contributed by atoms with van der Waals surface area (Å²) in [6, 6.07) is 3.34. The van der Waals surface area contributed by atoms with E-state index in [9.17, 15) is 12.6 Å². The first kappa shape index (κ1) is 17.4. The molecule has 0 amide bonds. The lowest BCUT2D eigenvalue weighted by atomic mass is 10.2. The smallest absolute Gasteiger partial charge is 0.244 e. The number of benzene rings is 1. The Morgan fingerprint density at radius 1 is 1.27 bits per heavy atom. The fourth-order valence-electron chi connectivity index (χ4n) is 2.56. The zero-order chi connectivity index (χ0) is 16.3. The van der Waals surface area contributed by atoms with Crippen LogP contribution in [0.2, 0.25) is 0 Å². The van der Waals surface area contributed by atoms with Crippen molar-refractivity contribution in [2.24, 2.45) is 0 Å². The van der Waals surface area contributed by atoms with Crippen molar-refractivity contribution in [1.82, 2.24) is 4.31 Å². The van der Waals surface area contributed by atoms with Gasteiger partial charge in [-0.15, -0.1) is 0 Å². The second-order valence-corrected chi connectivity index (χ2v) is 8.77. The maximum atomic E-state index is 12.8. The second kappa shape index (κ2) is 7.10. The fraction of sp³-hybridized carbons (Fsp3) is 0.600. The zero-order valence-corrected chi connectivity index (χ0v) is 14.9. The summed E-state index contributed by atoms with van der Waals surface area (Å²) in [6.45, 7) is 4.79. The van der Waals surface area contributed by atoms with E-state index in [1.54, 1.807) is 12.1 Å². The molecule has 1 aliphatic rings. The van der Waals surface area contributed by atoms with Crippen molar-refractivity contribution in [2.75, 3.05) is 19.4 Å². The van der Waals surface area contributed by atoms with E-state index in [0.29, 0.717) is 35.1 Å².